The molecular weight excluding hydrogens is 278 g/mol. The van der Waals surface area contributed by atoms with Crippen molar-refractivity contribution in [2.75, 3.05) is 12.8 Å². The minimum atomic E-state index is 0.837. The summed E-state index contributed by atoms with van der Waals surface area (Å²) in [6.07, 6.45) is 0. The van der Waals surface area contributed by atoms with E-state index in [1.54, 1.807) is 7.11 Å². The molecule has 0 saturated heterocycles. The second kappa shape index (κ2) is 6.10. The highest BCUT2D eigenvalue weighted by molar-refractivity contribution is 7.98. The molecular formula is C18H17NOS. The molecule has 0 aliphatic heterocycles. The van der Waals surface area contributed by atoms with Gasteiger partial charge in [0.25, 0.3) is 0 Å². The molecule has 2 N–H and O–H groups in total. The molecule has 3 heteroatoms. The fourth-order valence-corrected chi connectivity index (χ4v) is 3.25. The molecule has 0 bridgehead atoms. The van der Waals surface area contributed by atoms with Crippen molar-refractivity contribution in [1.82, 2.24) is 0 Å². The predicted molar refractivity (Wildman–Crippen MR) is 90.9 cm³/mol. The lowest BCUT2D eigenvalue weighted by Crippen LogP contribution is -1.90. The van der Waals surface area contributed by atoms with Crippen LogP contribution >= 0.6 is 11.8 Å². The smallest absolute Gasteiger partial charge is 0.118 e. The van der Waals surface area contributed by atoms with Crippen LogP contribution in [0.4, 0.5) is 5.69 Å². The Kier molecular flexibility index (Phi) is 4.02. The topological polar surface area (TPSA) is 35.2 Å². The average Bonchev–Trinajstić information content (AvgIpc) is 2.55. The van der Waals surface area contributed by atoms with Gasteiger partial charge in [0.1, 0.15) is 5.75 Å². The van der Waals surface area contributed by atoms with E-state index < -0.39 is 0 Å². The van der Waals surface area contributed by atoms with Crippen LogP contribution in [0, 0.1) is 0 Å². The van der Waals surface area contributed by atoms with Gasteiger partial charge in [-0.25, -0.2) is 0 Å². The quantitative estimate of drug-likeness (QED) is 0.558. The zero-order valence-electron chi connectivity index (χ0n) is 11.9. The fourth-order valence-electron chi connectivity index (χ4n) is 2.34. The van der Waals surface area contributed by atoms with Crippen molar-refractivity contribution in [3.63, 3.8) is 0 Å². The average molecular weight is 295 g/mol. The number of ether oxygens (including phenoxy) is 1. The standard InChI is InChI=1S/C18H17NOS/c1-20-14-7-9-15(10-8-14)21-12-13-6-11-18(19)17-5-3-2-4-16(13)17/h2-11H,12,19H2,1H3. The number of anilines is 1. The maximum atomic E-state index is 6.04. The van der Waals surface area contributed by atoms with Crippen molar-refractivity contribution in [3.8, 4) is 5.75 Å². The Morgan fingerprint density at radius 2 is 1.62 bits per heavy atom. The van der Waals surface area contributed by atoms with Crippen LogP contribution in [-0.4, -0.2) is 7.11 Å². The number of thioether (sulfide) groups is 1. The molecule has 0 spiro atoms. The number of fused-ring (bicyclic) bond motifs is 1. The van der Waals surface area contributed by atoms with Crippen LogP contribution in [0.3, 0.4) is 0 Å². The van der Waals surface area contributed by atoms with Crippen LogP contribution in [0.25, 0.3) is 10.8 Å². The van der Waals surface area contributed by atoms with E-state index in [2.05, 4.69) is 36.4 Å². The second-order valence-electron chi connectivity index (χ2n) is 4.82. The first-order valence-electron chi connectivity index (χ1n) is 6.81. The molecule has 21 heavy (non-hydrogen) atoms. The first-order chi connectivity index (χ1) is 10.3. The third-order valence-corrected chi connectivity index (χ3v) is 4.56. The number of hydrogen-bond donors (Lipinski definition) is 1. The molecule has 0 aliphatic rings. The molecule has 0 amide bonds. The van der Waals surface area contributed by atoms with E-state index in [1.807, 2.05) is 36.0 Å². The van der Waals surface area contributed by atoms with Crippen LogP contribution < -0.4 is 10.5 Å². The van der Waals surface area contributed by atoms with E-state index in [0.717, 1.165) is 22.6 Å². The number of hydrogen-bond acceptors (Lipinski definition) is 3. The molecule has 0 aliphatic carbocycles. The first kappa shape index (κ1) is 13.8. The summed E-state index contributed by atoms with van der Waals surface area (Å²) in [6.45, 7) is 0. The highest BCUT2D eigenvalue weighted by Crippen LogP contribution is 2.30. The Bertz CT molecular complexity index is 753. The Balaban J connectivity index is 1.83. The van der Waals surface area contributed by atoms with Crippen molar-refractivity contribution >= 4 is 28.2 Å². The minimum absolute atomic E-state index is 0.837. The van der Waals surface area contributed by atoms with Crippen LogP contribution in [0.5, 0.6) is 5.75 Å². The molecule has 3 rings (SSSR count). The van der Waals surface area contributed by atoms with Crippen LogP contribution in [0.2, 0.25) is 0 Å². The van der Waals surface area contributed by atoms with Gasteiger partial charge >= 0.3 is 0 Å². The van der Waals surface area contributed by atoms with Gasteiger partial charge < -0.3 is 10.5 Å². The molecule has 106 valence electrons. The Hall–Kier alpha value is -2.13. The lowest BCUT2D eigenvalue weighted by molar-refractivity contribution is 0.414. The molecule has 0 aromatic heterocycles. The van der Waals surface area contributed by atoms with E-state index in [4.69, 9.17) is 10.5 Å². The van der Waals surface area contributed by atoms with E-state index in [-0.39, 0.29) is 0 Å². The fraction of sp³-hybridized carbons (Fsp3) is 0.111. The number of nitrogen functional groups attached to an aromatic ring is 1. The molecule has 0 fully saturated rings. The van der Waals surface area contributed by atoms with Crippen molar-refractivity contribution in [2.24, 2.45) is 0 Å². The van der Waals surface area contributed by atoms with Gasteiger partial charge in [0, 0.05) is 21.7 Å². The molecule has 2 nitrogen and oxygen atoms in total. The number of benzene rings is 3. The lowest BCUT2D eigenvalue weighted by atomic mass is 10.0. The van der Waals surface area contributed by atoms with E-state index in [0.29, 0.717) is 0 Å². The Morgan fingerprint density at radius 3 is 2.33 bits per heavy atom. The summed E-state index contributed by atoms with van der Waals surface area (Å²) < 4.78 is 5.18. The molecule has 0 saturated carbocycles. The number of methoxy groups -OCH3 is 1. The lowest BCUT2D eigenvalue weighted by Gasteiger charge is -2.09. The van der Waals surface area contributed by atoms with Crippen molar-refractivity contribution < 1.29 is 4.74 Å². The maximum Gasteiger partial charge on any atom is 0.118 e. The van der Waals surface area contributed by atoms with Gasteiger partial charge in [0.05, 0.1) is 7.11 Å². The Labute approximate surface area is 128 Å². The summed E-state index contributed by atoms with van der Waals surface area (Å²) in [7, 11) is 1.68. The summed E-state index contributed by atoms with van der Waals surface area (Å²) in [5, 5.41) is 2.36. The zero-order valence-corrected chi connectivity index (χ0v) is 12.7. The summed E-state index contributed by atoms with van der Waals surface area (Å²) in [6, 6.07) is 20.6. The first-order valence-corrected chi connectivity index (χ1v) is 7.79. The van der Waals surface area contributed by atoms with Gasteiger partial charge in [-0.15, -0.1) is 11.8 Å². The van der Waals surface area contributed by atoms with Gasteiger partial charge in [-0.2, -0.15) is 0 Å². The van der Waals surface area contributed by atoms with Gasteiger partial charge in [-0.1, -0.05) is 30.3 Å². The zero-order chi connectivity index (χ0) is 14.7. The Morgan fingerprint density at radius 1 is 0.905 bits per heavy atom. The highest BCUT2D eigenvalue weighted by atomic mass is 32.2. The van der Waals surface area contributed by atoms with Gasteiger partial charge in [0.15, 0.2) is 0 Å². The summed E-state index contributed by atoms with van der Waals surface area (Å²) in [5.74, 6) is 1.81. The molecule has 0 atom stereocenters. The van der Waals surface area contributed by atoms with Crippen molar-refractivity contribution in [2.45, 2.75) is 10.6 Å². The summed E-state index contributed by atoms with van der Waals surface area (Å²) in [5.41, 5.74) is 8.19. The molecule has 0 unspecified atom stereocenters. The van der Waals surface area contributed by atoms with Gasteiger partial charge in [0.2, 0.25) is 0 Å². The minimum Gasteiger partial charge on any atom is -0.497 e. The van der Waals surface area contributed by atoms with Gasteiger partial charge in [-0.3, -0.25) is 0 Å². The third-order valence-electron chi connectivity index (χ3n) is 3.50. The third kappa shape index (κ3) is 2.98. The van der Waals surface area contributed by atoms with Crippen molar-refractivity contribution in [3.05, 3.63) is 66.2 Å². The van der Waals surface area contributed by atoms with E-state index in [9.17, 15) is 0 Å². The van der Waals surface area contributed by atoms with Crippen LogP contribution in [0.15, 0.2) is 65.6 Å². The molecule has 0 heterocycles. The number of rotatable bonds is 4. The van der Waals surface area contributed by atoms with E-state index in [1.165, 1.54) is 15.8 Å². The van der Waals surface area contributed by atoms with Crippen molar-refractivity contribution in [1.29, 1.82) is 0 Å². The second-order valence-corrected chi connectivity index (χ2v) is 5.87. The summed E-state index contributed by atoms with van der Waals surface area (Å²) in [4.78, 5) is 1.23. The van der Waals surface area contributed by atoms with E-state index >= 15 is 0 Å². The summed E-state index contributed by atoms with van der Waals surface area (Å²) >= 11 is 1.82. The van der Waals surface area contributed by atoms with Crippen LogP contribution in [-0.2, 0) is 5.75 Å². The monoisotopic (exact) mass is 295 g/mol. The number of nitrogens with two attached hydrogens (primary N) is 1. The molecule has 3 aromatic rings. The molecule has 0 radical (unpaired) electrons. The van der Waals surface area contributed by atoms with Gasteiger partial charge in [-0.05, 0) is 41.3 Å². The maximum absolute atomic E-state index is 6.04. The van der Waals surface area contributed by atoms with Crippen LogP contribution in [0.1, 0.15) is 5.56 Å². The predicted octanol–water partition coefficient (Wildman–Crippen LogP) is 4.72. The SMILES string of the molecule is COc1ccc(SCc2ccc(N)c3ccccc23)cc1. The largest absolute Gasteiger partial charge is 0.497 e. The normalized spacial score (nSPS) is 10.7. The highest BCUT2D eigenvalue weighted by Gasteiger charge is 2.04. The molecule has 3 aromatic carbocycles.